The molecular formula is C18H16F3N5. The van der Waals surface area contributed by atoms with Gasteiger partial charge in [-0.05, 0) is 55.3 Å². The molecule has 0 aliphatic carbocycles. The van der Waals surface area contributed by atoms with Crippen molar-refractivity contribution in [3.63, 3.8) is 0 Å². The maximum atomic E-state index is 12.8. The molecule has 0 saturated heterocycles. The van der Waals surface area contributed by atoms with Crippen LogP contribution in [-0.2, 0) is 6.18 Å². The van der Waals surface area contributed by atoms with E-state index >= 15 is 0 Å². The van der Waals surface area contributed by atoms with Crippen LogP contribution in [0.1, 0.15) is 16.7 Å². The Bertz CT molecular complexity index is 904. The summed E-state index contributed by atoms with van der Waals surface area (Å²) < 4.78 is 38.4. The normalized spacial score (nSPS) is 11.3. The summed E-state index contributed by atoms with van der Waals surface area (Å²) in [5.41, 5.74) is 2.49. The third-order valence-corrected chi connectivity index (χ3v) is 3.50. The Hall–Kier alpha value is -3.16. The summed E-state index contributed by atoms with van der Waals surface area (Å²) >= 11 is 0. The van der Waals surface area contributed by atoms with Crippen LogP contribution in [0.15, 0.2) is 48.7 Å². The lowest BCUT2D eigenvalue weighted by atomic mass is 10.1. The molecule has 5 nitrogen and oxygen atoms in total. The lowest BCUT2D eigenvalue weighted by Gasteiger charge is -2.11. The average Bonchev–Trinajstić information content (AvgIpc) is 2.53. The Labute approximate surface area is 148 Å². The fraction of sp³-hybridized carbons (Fsp3) is 0.167. The van der Waals surface area contributed by atoms with Gasteiger partial charge in [0.15, 0.2) is 5.82 Å². The van der Waals surface area contributed by atoms with Crippen LogP contribution in [-0.4, -0.2) is 15.2 Å². The second-order valence-electron chi connectivity index (χ2n) is 5.87. The van der Waals surface area contributed by atoms with Gasteiger partial charge in [0.05, 0.1) is 11.8 Å². The molecule has 134 valence electrons. The van der Waals surface area contributed by atoms with Gasteiger partial charge in [-0.25, -0.2) is 0 Å². The first-order valence-electron chi connectivity index (χ1n) is 7.79. The predicted molar refractivity (Wildman–Crippen MR) is 93.8 cm³/mol. The third-order valence-electron chi connectivity index (χ3n) is 3.50. The molecular weight excluding hydrogens is 343 g/mol. The number of anilines is 4. The zero-order valence-electron chi connectivity index (χ0n) is 14.1. The minimum absolute atomic E-state index is 0.243. The Morgan fingerprint density at radius 1 is 0.885 bits per heavy atom. The maximum absolute atomic E-state index is 12.8. The number of nitrogens with zero attached hydrogens (tertiary/aromatic N) is 3. The van der Waals surface area contributed by atoms with Gasteiger partial charge >= 0.3 is 6.18 Å². The van der Waals surface area contributed by atoms with Crippen molar-refractivity contribution < 1.29 is 13.2 Å². The maximum Gasteiger partial charge on any atom is 0.416 e. The standard InChI is InChI=1S/C18H16F3N5/c1-11-6-12(2)8-15(7-11)24-17-25-16(10-22-26-17)23-14-5-3-4-13(9-14)18(19,20)21/h3-10H,1-2H3,(H2,23,24,25,26). The molecule has 26 heavy (non-hydrogen) atoms. The van der Waals surface area contributed by atoms with Crippen LogP contribution in [0.3, 0.4) is 0 Å². The number of benzene rings is 2. The molecule has 3 rings (SSSR count). The van der Waals surface area contributed by atoms with E-state index in [0.717, 1.165) is 28.9 Å². The van der Waals surface area contributed by atoms with Crippen molar-refractivity contribution in [3.8, 4) is 0 Å². The largest absolute Gasteiger partial charge is 0.416 e. The lowest BCUT2D eigenvalue weighted by Crippen LogP contribution is -2.06. The fourth-order valence-corrected chi connectivity index (χ4v) is 2.51. The van der Waals surface area contributed by atoms with Crippen LogP contribution in [0.4, 0.5) is 36.3 Å². The summed E-state index contributed by atoms with van der Waals surface area (Å²) in [6.45, 7) is 3.95. The number of aryl methyl sites for hydroxylation is 2. The lowest BCUT2D eigenvalue weighted by molar-refractivity contribution is -0.137. The summed E-state index contributed by atoms with van der Waals surface area (Å²) in [6, 6.07) is 10.8. The molecule has 2 aromatic carbocycles. The van der Waals surface area contributed by atoms with Gasteiger partial charge in [0.1, 0.15) is 0 Å². The average molecular weight is 359 g/mol. The van der Waals surface area contributed by atoms with Crippen molar-refractivity contribution >= 4 is 23.1 Å². The Morgan fingerprint density at radius 3 is 2.31 bits per heavy atom. The highest BCUT2D eigenvalue weighted by atomic mass is 19.4. The number of rotatable bonds is 4. The van der Waals surface area contributed by atoms with Crippen LogP contribution in [0.25, 0.3) is 0 Å². The number of nitrogens with one attached hydrogen (secondary N) is 2. The second-order valence-corrected chi connectivity index (χ2v) is 5.87. The van der Waals surface area contributed by atoms with E-state index in [2.05, 4.69) is 25.8 Å². The first-order chi connectivity index (χ1) is 12.3. The number of aromatic nitrogens is 3. The molecule has 0 saturated carbocycles. The van der Waals surface area contributed by atoms with E-state index in [-0.39, 0.29) is 17.5 Å². The number of hydrogen-bond acceptors (Lipinski definition) is 5. The van der Waals surface area contributed by atoms with E-state index in [4.69, 9.17) is 0 Å². The molecule has 0 fully saturated rings. The number of halogens is 3. The van der Waals surface area contributed by atoms with E-state index in [1.807, 2.05) is 32.0 Å². The molecule has 0 unspecified atom stereocenters. The zero-order chi connectivity index (χ0) is 18.7. The highest BCUT2D eigenvalue weighted by molar-refractivity contribution is 5.60. The van der Waals surface area contributed by atoms with Gasteiger partial charge in [-0.15, -0.1) is 5.10 Å². The van der Waals surface area contributed by atoms with Crippen molar-refractivity contribution in [2.24, 2.45) is 0 Å². The molecule has 8 heteroatoms. The molecule has 3 aromatic rings. The Morgan fingerprint density at radius 2 is 1.62 bits per heavy atom. The van der Waals surface area contributed by atoms with Crippen LogP contribution in [0.5, 0.6) is 0 Å². The molecule has 0 bridgehead atoms. The van der Waals surface area contributed by atoms with Crippen LogP contribution >= 0.6 is 0 Å². The van der Waals surface area contributed by atoms with Crippen LogP contribution in [0, 0.1) is 13.8 Å². The molecule has 0 amide bonds. The van der Waals surface area contributed by atoms with E-state index < -0.39 is 11.7 Å². The van der Waals surface area contributed by atoms with E-state index in [9.17, 15) is 13.2 Å². The molecule has 1 aromatic heterocycles. The van der Waals surface area contributed by atoms with E-state index in [1.54, 1.807) is 0 Å². The quantitative estimate of drug-likeness (QED) is 0.687. The van der Waals surface area contributed by atoms with Gasteiger partial charge < -0.3 is 10.6 Å². The fourth-order valence-electron chi connectivity index (χ4n) is 2.51. The molecule has 0 aliphatic rings. The smallest absolute Gasteiger partial charge is 0.339 e. The van der Waals surface area contributed by atoms with Crippen LogP contribution < -0.4 is 10.6 Å². The SMILES string of the molecule is Cc1cc(C)cc(Nc2nncc(Nc3cccc(C(F)(F)F)c3)n2)c1. The first-order valence-corrected chi connectivity index (χ1v) is 7.79. The first kappa shape index (κ1) is 17.7. The van der Waals surface area contributed by atoms with Crippen molar-refractivity contribution in [2.45, 2.75) is 20.0 Å². The monoisotopic (exact) mass is 359 g/mol. The van der Waals surface area contributed by atoms with E-state index in [0.29, 0.717) is 0 Å². The summed E-state index contributed by atoms with van der Waals surface area (Å²) in [7, 11) is 0. The molecule has 0 atom stereocenters. The second kappa shape index (κ2) is 6.99. The summed E-state index contributed by atoms with van der Waals surface area (Å²) in [5.74, 6) is 0.526. The minimum atomic E-state index is -4.41. The van der Waals surface area contributed by atoms with Crippen molar-refractivity contribution in [3.05, 3.63) is 65.4 Å². The van der Waals surface area contributed by atoms with Gasteiger partial charge in [-0.1, -0.05) is 12.1 Å². The summed E-state index contributed by atoms with van der Waals surface area (Å²) in [4.78, 5) is 4.24. The number of hydrogen-bond donors (Lipinski definition) is 2. The number of alkyl halides is 3. The molecule has 0 radical (unpaired) electrons. The molecule has 2 N–H and O–H groups in total. The van der Waals surface area contributed by atoms with E-state index in [1.165, 1.54) is 18.3 Å². The van der Waals surface area contributed by atoms with Gasteiger partial charge in [-0.3, -0.25) is 0 Å². The zero-order valence-corrected chi connectivity index (χ0v) is 14.1. The van der Waals surface area contributed by atoms with Crippen molar-refractivity contribution in [2.75, 3.05) is 10.6 Å². The van der Waals surface area contributed by atoms with Gasteiger partial charge in [0.25, 0.3) is 0 Å². The Balaban J connectivity index is 1.79. The van der Waals surface area contributed by atoms with Gasteiger partial charge in [0.2, 0.25) is 5.95 Å². The third kappa shape index (κ3) is 4.47. The Kier molecular flexibility index (Phi) is 4.75. The highest BCUT2D eigenvalue weighted by Crippen LogP contribution is 2.31. The van der Waals surface area contributed by atoms with Crippen molar-refractivity contribution in [1.29, 1.82) is 0 Å². The predicted octanol–water partition coefficient (Wildman–Crippen LogP) is 4.99. The topological polar surface area (TPSA) is 62.7 Å². The summed E-state index contributed by atoms with van der Waals surface area (Å²) in [5, 5.41) is 13.6. The van der Waals surface area contributed by atoms with Gasteiger partial charge in [0, 0.05) is 11.4 Å². The highest BCUT2D eigenvalue weighted by Gasteiger charge is 2.30. The van der Waals surface area contributed by atoms with Crippen LogP contribution in [0.2, 0.25) is 0 Å². The van der Waals surface area contributed by atoms with Gasteiger partial charge in [-0.2, -0.15) is 23.3 Å². The summed E-state index contributed by atoms with van der Waals surface area (Å²) in [6.07, 6.45) is -3.07. The molecule has 1 heterocycles. The minimum Gasteiger partial charge on any atom is -0.339 e. The molecule has 0 spiro atoms. The van der Waals surface area contributed by atoms with Crippen molar-refractivity contribution in [1.82, 2.24) is 15.2 Å². The molecule has 0 aliphatic heterocycles.